The van der Waals surface area contributed by atoms with Crippen LogP contribution in [0.1, 0.15) is 52.9 Å². The Bertz CT molecular complexity index is 358. The van der Waals surface area contributed by atoms with E-state index in [-0.39, 0.29) is 11.2 Å². The first-order valence-electron chi connectivity index (χ1n) is 7.27. The van der Waals surface area contributed by atoms with E-state index in [2.05, 4.69) is 20.8 Å². The SMILES string of the molecule is CC1(C)C[C@H]2[C@H]1CC[C@@]1(C)O[C@@H]1CC[C@@]21CO1. The van der Waals surface area contributed by atoms with Gasteiger partial charge in [0.1, 0.15) is 0 Å². The molecule has 2 heterocycles. The minimum atomic E-state index is 0.219. The molecule has 2 heteroatoms. The van der Waals surface area contributed by atoms with Gasteiger partial charge < -0.3 is 9.47 Å². The molecular formula is C15H24O2. The maximum Gasteiger partial charge on any atom is 0.0948 e. The Morgan fingerprint density at radius 3 is 2.41 bits per heavy atom. The molecule has 2 nitrogen and oxygen atoms in total. The van der Waals surface area contributed by atoms with E-state index in [9.17, 15) is 0 Å². The first-order valence-corrected chi connectivity index (χ1v) is 7.27. The molecule has 0 radical (unpaired) electrons. The van der Waals surface area contributed by atoms with Crippen LogP contribution in [-0.2, 0) is 9.47 Å². The van der Waals surface area contributed by atoms with E-state index < -0.39 is 0 Å². The van der Waals surface area contributed by atoms with Gasteiger partial charge in [-0.3, -0.25) is 0 Å². The van der Waals surface area contributed by atoms with Crippen molar-refractivity contribution in [2.45, 2.75) is 70.2 Å². The summed E-state index contributed by atoms with van der Waals surface area (Å²) in [4.78, 5) is 0. The standard InChI is InChI=1S/C15H24O2/c1-13(2)8-11-10(13)4-6-14(3)12(17-14)5-7-15(11)9-16-15/h10-12H,4-9H2,1-3H3/t10-,11+,12-,14-,15-/m1/s1. The summed E-state index contributed by atoms with van der Waals surface area (Å²) in [5, 5.41) is 0. The zero-order valence-corrected chi connectivity index (χ0v) is 11.3. The lowest BCUT2D eigenvalue weighted by molar-refractivity contribution is -0.0685. The van der Waals surface area contributed by atoms with Gasteiger partial charge in [0.05, 0.1) is 23.9 Å². The van der Waals surface area contributed by atoms with Crippen LogP contribution in [0.3, 0.4) is 0 Å². The number of ether oxygens (including phenoxy) is 2. The molecule has 2 aliphatic heterocycles. The topological polar surface area (TPSA) is 25.1 Å². The molecule has 4 aliphatic rings. The molecule has 17 heavy (non-hydrogen) atoms. The second-order valence-electron chi connectivity index (χ2n) is 7.76. The van der Waals surface area contributed by atoms with Gasteiger partial charge in [0.2, 0.25) is 0 Å². The van der Waals surface area contributed by atoms with Crippen molar-refractivity contribution in [1.29, 1.82) is 0 Å². The van der Waals surface area contributed by atoms with Crippen molar-refractivity contribution in [3.8, 4) is 0 Å². The summed E-state index contributed by atoms with van der Waals surface area (Å²) in [5.74, 6) is 1.71. The van der Waals surface area contributed by atoms with Crippen LogP contribution >= 0.6 is 0 Å². The lowest BCUT2D eigenvalue weighted by Gasteiger charge is -2.54. The molecule has 2 aliphatic carbocycles. The van der Waals surface area contributed by atoms with Gasteiger partial charge in [-0.1, -0.05) is 13.8 Å². The van der Waals surface area contributed by atoms with Gasteiger partial charge in [-0.2, -0.15) is 0 Å². The van der Waals surface area contributed by atoms with Crippen molar-refractivity contribution >= 4 is 0 Å². The minimum absolute atomic E-state index is 0.219. The van der Waals surface area contributed by atoms with Crippen molar-refractivity contribution in [2.75, 3.05) is 6.61 Å². The van der Waals surface area contributed by atoms with E-state index in [1.54, 1.807) is 0 Å². The summed E-state index contributed by atoms with van der Waals surface area (Å²) in [6.45, 7) is 8.21. The van der Waals surface area contributed by atoms with Crippen molar-refractivity contribution in [1.82, 2.24) is 0 Å². The maximum absolute atomic E-state index is 5.92. The number of hydrogen-bond donors (Lipinski definition) is 0. The molecule has 0 aromatic rings. The van der Waals surface area contributed by atoms with Gasteiger partial charge in [-0.05, 0) is 56.3 Å². The Hall–Kier alpha value is -0.0800. The van der Waals surface area contributed by atoms with E-state index >= 15 is 0 Å². The highest BCUT2D eigenvalue weighted by atomic mass is 16.6. The lowest BCUT2D eigenvalue weighted by Crippen LogP contribution is -2.51. The Kier molecular flexibility index (Phi) is 1.85. The summed E-state index contributed by atoms with van der Waals surface area (Å²) in [7, 11) is 0. The summed E-state index contributed by atoms with van der Waals surface area (Å²) in [6, 6.07) is 0. The van der Waals surface area contributed by atoms with Crippen molar-refractivity contribution in [3.05, 3.63) is 0 Å². The van der Waals surface area contributed by atoms with Crippen molar-refractivity contribution in [3.63, 3.8) is 0 Å². The monoisotopic (exact) mass is 236 g/mol. The highest BCUT2D eigenvalue weighted by Crippen LogP contribution is 2.64. The summed E-state index contributed by atoms with van der Waals surface area (Å²) in [6.07, 6.45) is 6.97. The Morgan fingerprint density at radius 2 is 1.76 bits per heavy atom. The largest absolute Gasteiger partial charge is 0.369 e. The fourth-order valence-electron chi connectivity index (χ4n) is 4.72. The number of fused-ring (bicyclic) bond motifs is 3. The predicted octanol–water partition coefficient (Wildman–Crippen LogP) is 3.15. The molecule has 0 aromatic carbocycles. The van der Waals surface area contributed by atoms with E-state index in [4.69, 9.17) is 9.47 Å². The molecule has 4 rings (SSSR count). The van der Waals surface area contributed by atoms with Crippen molar-refractivity contribution in [2.24, 2.45) is 17.3 Å². The van der Waals surface area contributed by atoms with Gasteiger partial charge in [-0.25, -0.2) is 0 Å². The van der Waals surface area contributed by atoms with Gasteiger partial charge in [-0.15, -0.1) is 0 Å². The first kappa shape index (κ1) is 10.8. The van der Waals surface area contributed by atoms with E-state index in [0.717, 1.165) is 18.4 Å². The normalized spacial score (nSPS) is 59.1. The van der Waals surface area contributed by atoms with Gasteiger partial charge in [0.15, 0.2) is 0 Å². The number of rotatable bonds is 0. The summed E-state index contributed by atoms with van der Waals surface area (Å²) >= 11 is 0. The average molecular weight is 236 g/mol. The van der Waals surface area contributed by atoms with Crippen LogP contribution in [0.4, 0.5) is 0 Å². The third-order valence-corrected chi connectivity index (χ3v) is 6.24. The molecule has 0 bridgehead atoms. The first-order chi connectivity index (χ1) is 7.95. The molecule has 0 aromatic heterocycles. The third kappa shape index (κ3) is 1.40. The predicted molar refractivity (Wildman–Crippen MR) is 65.8 cm³/mol. The number of epoxide rings is 2. The molecule has 96 valence electrons. The molecule has 5 atom stereocenters. The third-order valence-electron chi connectivity index (χ3n) is 6.24. The van der Waals surface area contributed by atoms with E-state index in [1.807, 2.05) is 0 Å². The fourth-order valence-corrected chi connectivity index (χ4v) is 4.72. The van der Waals surface area contributed by atoms with Gasteiger partial charge >= 0.3 is 0 Å². The molecule has 0 amide bonds. The zero-order chi connectivity index (χ0) is 11.9. The van der Waals surface area contributed by atoms with Gasteiger partial charge in [0.25, 0.3) is 0 Å². The minimum Gasteiger partial charge on any atom is -0.369 e. The molecule has 2 saturated heterocycles. The highest BCUT2D eigenvalue weighted by Gasteiger charge is 2.65. The fraction of sp³-hybridized carbons (Fsp3) is 1.00. The summed E-state index contributed by atoms with van der Waals surface area (Å²) in [5.41, 5.74) is 1.03. The van der Waals surface area contributed by atoms with Crippen LogP contribution in [0, 0.1) is 17.3 Å². The van der Waals surface area contributed by atoms with Crippen LogP contribution in [0.5, 0.6) is 0 Å². The quantitative estimate of drug-likeness (QED) is 0.604. The number of hydrogen-bond acceptors (Lipinski definition) is 2. The maximum atomic E-state index is 5.92. The van der Waals surface area contributed by atoms with Crippen LogP contribution in [0.15, 0.2) is 0 Å². The average Bonchev–Trinajstić information content (AvgIpc) is 3.11. The molecule has 0 unspecified atom stereocenters. The molecule has 2 saturated carbocycles. The van der Waals surface area contributed by atoms with Crippen LogP contribution in [-0.4, -0.2) is 23.9 Å². The smallest absolute Gasteiger partial charge is 0.0948 e. The van der Waals surface area contributed by atoms with Gasteiger partial charge in [0, 0.05) is 0 Å². The second-order valence-corrected chi connectivity index (χ2v) is 7.76. The van der Waals surface area contributed by atoms with Crippen LogP contribution < -0.4 is 0 Å². The molecule has 0 N–H and O–H groups in total. The highest BCUT2D eigenvalue weighted by molar-refractivity contribution is 5.14. The van der Waals surface area contributed by atoms with Crippen LogP contribution in [0.25, 0.3) is 0 Å². The molecule has 4 fully saturated rings. The second kappa shape index (κ2) is 2.91. The Balaban J connectivity index is 1.60. The Morgan fingerprint density at radius 1 is 1.00 bits per heavy atom. The molecular weight excluding hydrogens is 212 g/mol. The lowest BCUT2D eigenvalue weighted by atomic mass is 9.50. The Labute approximate surface area is 104 Å². The summed E-state index contributed by atoms with van der Waals surface area (Å²) < 4.78 is 11.8. The molecule has 1 spiro atoms. The van der Waals surface area contributed by atoms with E-state index in [0.29, 0.717) is 11.5 Å². The van der Waals surface area contributed by atoms with E-state index in [1.165, 1.54) is 32.1 Å². The van der Waals surface area contributed by atoms with Crippen molar-refractivity contribution < 1.29 is 9.47 Å². The zero-order valence-electron chi connectivity index (χ0n) is 11.3. The van der Waals surface area contributed by atoms with Crippen LogP contribution in [0.2, 0.25) is 0 Å².